The Labute approximate surface area is 81.5 Å². The molecule has 2 aromatic rings. The minimum atomic E-state index is -0.497. The van der Waals surface area contributed by atoms with Gasteiger partial charge in [0.25, 0.3) is 0 Å². The molecule has 0 atom stereocenters. The summed E-state index contributed by atoms with van der Waals surface area (Å²) in [6.45, 7) is -0.497. The molecule has 0 amide bonds. The van der Waals surface area contributed by atoms with Crippen LogP contribution in [0.4, 0.5) is 4.39 Å². The molecule has 1 aromatic heterocycles. The van der Waals surface area contributed by atoms with E-state index in [9.17, 15) is 4.39 Å². The maximum atomic E-state index is 12.4. The molecule has 0 saturated carbocycles. The summed E-state index contributed by atoms with van der Waals surface area (Å²) < 4.78 is 18.3. The lowest BCUT2D eigenvalue weighted by Crippen LogP contribution is -1.78. The lowest BCUT2D eigenvalue weighted by Gasteiger charge is -1.93. The molecule has 12 heavy (non-hydrogen) atoms. The van der Waals surface area contributed by atoms with Crippen molar-refractivity contribution in [1.82, 2.24) is 4.37 Å². The number of halogens is 2. The van der Waals surface area contributed by atoms with Crippen LogP contribution in [0.15, 0.2) is 22.7 Å². The van der Waals surface area contributed by atoms with Crippen molar-refractivity contribution in [2.24, 2.45) is 0 Å². The molecular formula is C8H5BrFNS. The largest absolute Gasteiger partial charge is 0.244 e. The van der Waals surface area contributed by atoms with Gasteiger partial charge in [-0.3, -0.25) is 0 Å². The average Bonchev–Trinajstić information content (AvgIpc) is 2.49. The van der Waals surface area contributed by atoms with Crippen LogP contribution in [0, 0.1) is 0 Å². The highest BCUT2D eigenvalue weighted by atomic mass is 79.9. The van der Waals surface area contributed by atoms with Crippen molar-refractivity contribution in [3.05, 3.63) is 28.4 Å². The topological polar surface area (TPSA) is 12.9 Å². The van der Waals surface area contributed by atoms with Crippen LogP contribution in [-0.2, 0) is 6.67 Å². The number of aromatic nitrogens is 1. The SMILES string of the molecule is FCc1nsc2cccc(Br)c12. The molecule has 0 aliphatic carbocycles. The van der Waals surface area contributed by atoms with Crippen LogP contribution >= 0.6 is 27.5 Å². The zero-order valence-electron chi connectivity index (χ0n) is 6.05. The lowest BCUT2D eigenvalue weighted by molar-refractivity contribution is 0.481. The maximum absolute atomic E-state index is 12.4. The molecule has 0 aliphatic rings. The van der Waals surface area contributed by atoms with E-state index in [0.29, 0.717) is 5.69 Å². The smallest absolute Gasteiger partial charge is 0.133 e. The summed E-state index contributed by atoms with van der Waals surface area (Å²) in [6, 6.07) is 5.76. The third kappa shape index (κ3) is 1.15. The van der Waals surface area contributed by atoms with E-state index in [2.05, 4.69) is 20.3 Å². The number of rotatable bonds is 1. The first-order chi connectivity index (χ1) is 5.83. The number of benzene rings is 1. The molecule has 0 N–H and O–H groups in total. The number of hydrogen-bond acceptors (Lipinski definition) is 2. The molecule has 0 spiro atoms. The Hall–Kier alpha value is -0.480. The molecule has 0 saturated heterocycles. The summed E-state index contributed by atoms with van der Waals surface area (Å²) in [5.74, 6) is 0. The van der Waals surface area contributed by atoms with Gasteiger partial charge in [0, 0.05) is 9.86 Å². The quantitative estimate of drug-likeness (QED) is 0.750. The third-order valence-corrected chi connectivity index (χ3v) is 3.15. The van der Waals surface area contributed by atoms with Crippen LogP contribution in [0.1, 0.15) is 5.69 Å². The van der Waals surface area contributed by atoms with Crippen molar-refractivity contribution < 1.29 is 4.39 Å². The summed E-state index contributed by atoms with van der Waals surface area (Å²) in [6.07, 6.45) is 0. The van der Waals surface area contributed by atoms with E-state index in [4.69, 9.17) is 0 Å². The Balaban J connectivity index is 2.83. The number of hydrogen-bond donors (Lipinski definition) is 0. The van der Waals surface area contributed by atoms with Crippen LogP contribution in [0.5, 0.6) is 0 Å². The Morgan fingerprint density at radius 2 is 2.33 bits per heavy atom. The van der Waals surface area contributed by atoms with Crippen LogP contribution < -0.4 is 0 Å². The zero-order valence-corrected chi connectivity index (χ0v) is 8.45. The van der Waals surface area contributed by atoms with Crippen LogP contribution in [-0.4, -0.2) is 4.37 Å². The monoisotopic (exact) mass is 245 g/mol. The van der Waals surface area contributed by atoms with E-state index in [-0.39, 0.29) is 0 Å². The van der Waals surface area contributed by atoms with E-state index in [0.717, 1.165) is 14.6 Å². The zero-order chi connectivity index (χ0) is 8.55. The summed E-state index contributed by atoms with van der Waals surface area (Å²) >= 11 is 4.70. The van der Waals surface area contributed by atoms with Gasteiger partial charge < -0.3 is 0 Å². The van der Waals surface area contributed by atoms with Gasteiger partial charge in [-0.2, -0.15) is 4.37 Å². The predicted octanol–water partition coefficient (Wildman–Crippen LogP) is 3.53. The van der Waals surface area contributed by atoms with Crippen molar-refractivity contribution >= 4 is 37.5 Å². The van der Waals surface area contributed by atoms with Gasteiger partial charge in [-0.1, -0.05) is 22.0 Å². The lowest BCUT2D eigenvalue weighted by atomic mass is 10.2. The molecule has 62 valence electrons. The second-order valence-corrected chi connectivity index (χ2v) is 4.04. The van der Waals surface area contributed by atoms with E-state index in [1.165, 1.54) is 11.5 Å². The summed E-state index contributed by atoms with van der Waals surface area (Å²) in [4.78, 5) is 0. The summed E-state index contributed by atoms with van der Waals surface area (Å²) in [5, 5.41) is 0.907. The molecule has 4 heteroatoms. The van der Waals surface area contributed by atoms with Crippen molar-refractivity contribution in [2.45, 2.75) is 6.67 Å². The molecule has 1 nitrogen and oxygen atoms in total. The van der Waals surface area contributed by atoms with E-state index in [1.807, 2.05) is 18.2 Å². The molecule has 1 heterocycles. The Bertz CT molecular complexity index is 412. The molecule has 1 aromatic carbocycles. The molecule has 0 bridgehead atoms. The van der Waals surface area contributed by atoms with Crippen molar-refractivity contribution in [3.8, 4) is 0 Å². The Morgan fingerprint density at radius 1 is 1.50 bits per heavy atom. The fourth-order valence-corrected chi connectivity index (χ4v) is 2.63. The van der Waals surface area contributed by atoms with Crippen LogP contribution in [0.2, 0.25) is 0 Å². The Kier molecular flexibility index (Phi) is 2.11. The molecule has 0 radical (unpaired) electrons. The number of fused-ring (bicyclic) bond motifs is 1. The van der Waals surface area contributed by atoms with Crippen LogP contribution in [0.25, 0.3) is 10.1 Å². The minimum absolute atomic E-state index is 0.497. The number of alkyl halides is 1. The molecule has 0 fully saturated rings. The van der Waals surface area contributed by atoms with Gasteiger partial charge in [-0.25, -0.2) is 4.39 Å². The van der Waals surface area contributed by atoms with Gasteiger partial charge in [0.05, 0.1) is 10.4 Å². The van der Waals surface area contributed by atoms with Crippen molar-refractivity contribution in [2.75, 3.05) is 0 Å². The number of nitrogens with zero attached hydrogens (tertiary/aromatic N) is 1. The standard InChI is InChI=1S/C8H5BrFNS/c9-5-2-1-3-7-8(5)6(4-10)11-12-7/h1-3H,4H2. The highest BCUT2D eigenvalue weighted by Crippen LogP contribution is 2.30. The molecule has 0 unspecified atom stereocenters. The second kappa shape index (κ2) is 3.11. The van der Waals surface area contributed by atoms with Gasteiger partial charge in [0.2, 0.25) is 0 Å². The molecular weight excluding hydrogens is 241 g/mol. The van der Waals surface area contributed by atoms with Crippen molar-refractivity contribution in [1.29, 1.82) is 0 Å². The third-order valence-electron chi connectivity index (χ3n) is 1.64. The van der Waals surface area contributed by atoms with Gasteiger partial charge in [0.15, 0.2) is 0 Å². The van der Waals surface area contributed by atoms with E-state index >= 15 is 0 Å². The Morgan fingerprint density at radius 3 is 3.08 bits per heavy atom. The first kappa shape index (κ1) is 8.13. The van der Waals surface area contributed by atoms with Crippen molar-refractivity contribution in [3.63, 3.8) is 0 Å². The molecule has 2 rings (SSSR count). The first-order valence-corrected chi connectivity index (χ1v) is 4.98. The normalized spacial score (nSPS) is 10.8. The maximum Gasteiger partial charge on any atom is 0.133 e. The van der Waals surface area contributed by atoms with Gasteiger partial charge in [-0.05, 0) is 23.7 Å². The van der Waals surface area contributed by atoms with E-state index in [1.54, 1.807) is 0 Å². The second-order valence-electron chi connectivity index (χ2n) is 2.38. The van der Waals surface area contributed by atoms with E-state index < -0.39 is 6.67 Å². The first-order valence-electron chi connectivity index (χ1n) is 3.41. The molecule has 0 aliphatic heterocycles. The summed E-state index contributed by atoms with van der Waals surface area (Å²) in [7, 11) is 0. The minimum Gasteiger partial charge on any atom is -0.244 e. The van der Waals surface area contributed by atoms with Crippen LogP contribution in [0.3, 0.4) is 0 Å². The fraction of sp³-hybridized carbons (Fsp3) is 0.125. The fourth-order valence-electron chi connectivity index (χ4n) is 1.10. The highest BCUT2D eigenvalue weighted by Gasteiger charge is 2.07. The highest BCUT2D eigenvalue weighted by molar-refractivity contribution is 9.10. The van der Waals surface area contributed by atoms with Gasteiger partial charge in [-0.15, -0.1) is 0 Å². The summed E-state index contributed by atoms with van der Waals surface area (Å²) in [5.41, 5.74) is 0.530. The average molecular weight is 246 g/mol. The van der Waals surface area contributed by atoms with Gasteiger partial charge >= 0.3 is 0 Å². The van der Waals surface area contributed by atoms with Gasteiger partial charge in [0.1, 0.15) is 6.67 Å². The predicted molar refractivity (Wildman–Crippen MR) is 52.1 cm³/mol.